The van der Waals surface area contributed by atoms with Crippen molar-refractivity contribution in [3.63, 3.8) is 0 Å². The van der Waals surface area contributed by atoms with Crippen LogP contribution >= 0.6 is 23.2 Å². The molecule has 0 aliphatic heterocycles. The largest absolute Gasteiger partial charge is 0.461 e. The summed E-state index contributed by atoms with van der Waals surface area (Å²) in [6.07, 6.45) is 1.58. The smallest absolute Gasteiger partial charge is 0.357 e. The summed E-state index contributed by atoms with van der Waals surface area (Å²) >= 11 is 12.3. The Hall–Kier alpha value is -1.52. The number of nitrogens with zero attached hydrogens (tertiary/aromatic N) is 2. The molecule has 0 saturated carbocycles. The van der Waals surface area contributed by atoms with E-state index in [4.69, 9.17) is 27.9 Å². The van der Waals surface area contributed by atoms with E-state index in [-0.39, 0.29) is 0 Å². The Morgan fingerprint density at radius 2 is 2.00 bits per heavy atom. The zero-order valence-electron chi connectivity index (χ0n) is 10.5. The summed E-state index contributed by atoms with van der Waals surface area (Å²) in [6, 6.07) is 5.11. The molecule has 19 heavy (non-hydrogen) atoms. The minimum absolute atomic E-state index is 0.291. The molecule has 6 heteroatoms. The van der Waals surface area contributed by atoms with Crippen molar-refractivity contribution in [1.29, 1.82) is 0 Å². The number of hydrogen-bond donors (Lipinski definition) is 0. The Bertz CT molecular complexity index is 603. The second-order valence-electron chi connectivity index (χ2n) is 3.88. The molecule has 0 spiro atoms. The first kappa shape index (κ1) is 13.9. The predicted molar refractivity (Wildman–Crippen MR) is 74.3 cm³/mol. The van der Waals surface area contributed by atoms with Crippen molar-refractivity contribution in [1.82, 2.24) is 9.78 Å². The number of halogens is 2. The standard InChI is InChI=1S/C13H12Cl2N2O2/c1-3-19-13(18)11-8(2)7-16-17(11)12-9(14)5-4-6-10(12)15/h4-7H,3H2,1-2H3. The Morgan fingerprint density at radius 3 is 2.58 bits per heavy atom. The summed E-state index contributed by atoms with van der Waals surface area (Å²) in [6.45, 7) is 3.82. The summed E-state index contributed by atoms with van der Waals surface area (Å²) in [5.74, 6) is -0.450. The second-order valence-corrected chi connectivity index (χ2v) is 4.69. The number of rotatable bonds is 3. The average Bonchev–Trinajstić information content (AvgIpc) is 2.71. The average molecular weight is 299 g/mol. The van der Waals surface area contributed by atoms with Crippen molar-refractivity contribution in [3.05, 3.63) is 45.7 Å². The molecule has 0 aliphatic carbocycles. The van der Waals surface area contributed by atoms with Crippen LogP contribution in [0.2, 0.25) is 10.0 Å². The van der Waals surface area contributed by atoms with Crippen molar-refractivity contribution in [3.8, 4) is 5.69 Å². The summed E-state index contributed by atoms with van der Waals surface area (Å²) in [7, 11) is 0. The summed E-state index contributed by atoms with van der Waals surface area (Å²) in [5.41, 5.74) is 1.51. The molecule has 1 aromatic heterocycles. The molecule has 1 heterocycles. The van der Waals surface area contributed by atoms with Gasteiger partial charge in [0.25, 0.3) is 0 Å². The lowest BCUT2D eigenvalue weighted by Gasteiger charge is -2.10. The van der Waals surface area contributed by atoms with Crippen molar-refractivity contribution in [2.45, 2.75) is 13.8 Å². The van der Waals surface area contributed by atoms with E-state index in [9.17, 15) is 4.79 Å². The third-order valence-electron chi connectivity index (χ3n) is 2.57. The van der Waals surface area contributed by atoms with Gasteiger partial charge in [-0.15, -0.1) is 0 Å². The van der Waals surface area contributed by atoms with Gasteiger partial charge in [0.2, 0.25) is 0 Å². The maximum Gasteiger partial charge on any atom is 0.357 e. The van der Waals surface area contributed by atoms with Crippen LogP contribution in [0, 0.1) is 6.92 Å². The highest BCUT2D eigenvalue weighted by atomic mass is 35.5. The lowest BCUT2D eigenvalue weighted by atomic mass is 10.2. The van der Waals surface area contributed by atoms with E-state index in [0.29, 0.717) is 33.6 Å². The van der Waals surface area contributed by atoms with Gasteiger partial charge in [0.1, 0.15) is 5.69 Å². The lowest BCUT2D eigenvalue weighted by molar-refractivity contribution is 0.0515. The number of ether oxygens (including phenoxy) is 1. The van der Waals surface area contributed by atoms with Gasteiger partial charge in [-0.25, -0.2) is 9.48 Å². The van der Waals surface area contributed by atoms with Gasteiger partial charge in [-0.1, -0.05) is 29.3 Å². The van der Waals surface area contributed by atoms with Gasteiger partial charge in [0.05, 0.1) is 22.8 Å². The van der Waals surface area contributed by atoms with Gasteiger partial charge in [0.15, 0.2) is 5.69 Å². The molecule has 0 atom stereocenters. The lowest BCUT2D eigenvalue weighted by Crippen LogP contribution is -2.13. The molecule has 100 valence electrons. The van der Waals surface area contributed by atoms with Gasteiger partial charge in [-0.3, -0.25) is 0 Å². The molecule has 0 radical (unpaired) electrons. The maximum absolute atomic E-state index is 12.0. The van der Waals surface area contributed by atoms with Crippen molar-refractivity contribution < 1.29 is 9.53 Å². The summed E-state index contributed by atoms with van der Waals surface area (Å²) in [5, 5.41) is 4.99. The SMILES string of the molecule is CCOC(=O)c1c(C)cnn1-c1c(Cl)cccc1Cl. The first-order valence-electron chi connectivity index (χ1n) is 5.72. The van der Waals surface area contributed by atoms with Gasteiger partial charge < -0.3 is 4.74 Å². The third-order valence-corrected chi connectivity index (χ3v) is 3.18. The molecule has 0 bridgehead atoms. The molecule has 0 fully saturated rings. The van der Waals surface area contributed by atoms with Crippen LogP contribution in [0.15, 0.2) is 24.4 Å². The summed E-state index contributed by atoms with van der Waals surface area (Å²) in [4.78, 5) is 12.0. The zero-order valence-corrected chi connectivity index (χ0v) is 12.0. The van der Waals surface area contributed by atoms with Gasteiger partial charge >= 0.3 is 5.97 Å². The molecule has 0 amide bonds. The van der Waals surface area contributed by atoms with Crippen LogP contribution in [-0.4, -0.2) is 22.4 Å². The van der Waals surface area contributed by atoms with Crippen LogP contribution in [0.3, 0.4) is 0 Å². The highest BCUT2D eigenvalue weighted by molar-refractivity contribution is 6.37. The Kier molecular flexibility index (Phi) is 4.12. The molecule has 2 rings (SSSR count). The number of esters is 1. The minimum atomic E-state index is -0.450. The first-order chi connectivity index (χ1) is 9.06. The molecule has 2 aromatic rings. The number of para-hydroxylation sites is 1. The highest BCUT2D eigenvalue weighted by Crippen LogP contribution is 2.29. The molecule has 0 aliphatic rings. The minimum Gasteiger partial charge on any atom is -0.461 e. The van der Waals surface area contributed by atoms with Crippen LogP contribution in [0.5, 0.6) is 0 Å². The van der Waals surface area contributed by atoms with E-state index in [1.807, 2.05) is 0 Å². The van der Waals surface area contributed by atoms with Crippen LogP contribution in [0.4, 0.5) is 0 Å². The normalized spacial score (nSPS) is 10.5. The van der Waals surface area contributed by atoms with E-state index in [0.717, 1.165) is 0 Å². The molecular weight excluding hydrogens is 287 g/mol. The number of carbonyl (C=O) groups excluding carboxylic acids is 1. The number of aromatic nitrogens is 2. The number of benzene rings is 1. The summed E-state index contributed by atoms with van der Waals surface area (Å²) < 4.78 is 6.44. The van der Waals surface area contributed by atoms with E-state index in [2.05, 4.69) is 5.10 Å². The fourth-order valence-electron chi connectivity index (χ4n) is 1.74. The number of carbonyl (C=O) groups is 1. The van der Waals surface area contributed by atoms with E-state index in [1.54, 1.807) is 38.2 Å². The van der Waals surface area contributed by atoms with Gasteiger partial charge in [0, 0.05) is 5.56 Å². The zero-order chi connectivity index (χ0) is 14.0. The number of hydrogen-bond acceptors (Lipinski definition) is 3. The maximum atomic E-state index is 12.0. The quantitative estimate of drug-likeness (QED) is 0.812. The topological polar surface area (TPSA) is 44.1 Å². The van der Waals surface area contributed by atoms with Crippen LogP contribution in [0.1, 0.15) is 23.0 Å². The Balaban J connectivity index is 2.61. The molecule has 0 saturated heterocycles. The van der Waals surface area contributed by atoms with Gasteiger partial charge in [-0.2, -0.15) is 5.10 Å². The van der Waals surface area contributed by atoms with Crippen molar-refractivity contribution in [2.24, 2.45) is 0 Å². The van der Waals surface area contributed by atoms with Gasteiger partial charge in [-0.05, 0) is 26.0 Å². The first-order valence-corrected chi connectivity index (χ1v) is 6.48. The van der Waals surface area contributed by atoms with Crippen molar-refractivity contribution in [2.75, 3.05) is 6.61 Å². The monoisotopic (exact) mass is 298 g/mol. The Labute approximate surface area is 120 Å². The van der Waals surface area contributed by atoms with Crippen LogP contribution in [-0.2, 0) is 4.74 Å². The molecule has 0 N–H and O–H groups in total. The predicted octanol–water partition coefficient (Wildman–Crippen LogP) is 3.66. The van der Waals surface area contributed by atoms with E-state index >= 15 is 0 Å². The number of aryl methyl sites for hydroxylation is 1. The van der Waals surface area contributed by atoms with Crippen LogP contribution < -0.4 is 0 Å². The highest BCUT2D eigenvalue weighted by Gasteiger charge is 2.21. The second kappa shape index (κ2) is 5.63. The van der Waals surface area contributed by atoms with E-state index < -0.39 is 5.97 Å². The molecule has 0 unspecified atom stereocenters. The van der Waals surface area contributed by atoms with E-state index in [1.165, 1.54) is 4.68 Å². The third kappa shape index (κ3) is 2.60. The molecule has 4 nitrogen and oxygen atoms in total. The molecule has 1 aromatic carbocycles. The van der Waals surface area contributed by atoms with Crippen molar-refractivity contribution >= 4 is 29.2 Å². The molecular formula is C13H12Cl2N2O2. The fourth-order valence-corrected chi connectivity index (χ4v) is 2.30. The Morgan fingerprint density at radius 1 is 1.37 bits per heavy atom. The van der Waals surface area contributed by atoms with Crippen LogP contribution in [0.25, 0.3) is 5.69 Å². The fraction of sp³-hybridized carbons (Fsp3) is 0.231.